The minimum absolute atomic E-state index is 0.725. The Bertz CT molecular complexity index is 203. The molecule has 1 nitrogen and oxygen atoms in total. The van der Waals surface area contributed by atoms with Crippen molar-refractivity contribution >= 4 is 0 Å². The van der Waals surface area contributed by atoms with Crippen molar-refractivity contribution in [1.29, 1.82) is 0 Å². The first kappa shape index (κ1) is 6.24. The van der Waals surface area contributed by atoms with E-state index in [1.165, 1.54) is 32.2 Å². The Labute approximate surface area is 68.1 Å². The maximum Gasteiger partial charge on any atom is 0.0281 e. The molecule has 1 saturated heterocycles. The van der Waals surface area contributed by atoms with Crippen LogP contribution in [0.3, 0.4) is 0 Å². The fourth-order valence-electron chi connectivity index (χ4n) is 2.74. The predicted molar refractivity (Wildman–Crippen MR) is 45.4 cm³/mol. The molecule has 0 aromatic carbocycles. The summed E-state index contributed by atoms with van der Waals surface area (Å²) in [5, 5.41) is 0. The van der Waals surface area contributed by atoms with E-state index in [4.69, 9.17) is 0 Å². The molecule has 11 heavy (non-hydrogen) atoms. The third-order valence-corrected chi connectivity index (χ3v) is 3.78. The lowest BCUT2D eigenvalue weighted by Crippen LogP contribution is -2.34. The molecular weight excluding hydrogens is 134 g/mol. The van der Waals surface area contributed by atoms with Crippen LogP contribution in [0, 0.1) is 5.92 Å². The van der Waals surface area contributed by atoms with Crippen molar-refractivity contribution in [3.63, 3.8) is 0 Å². The van der Waals surface area contributed by atoms with Crippen LogP contribution in [-0.2, 0) is 0 Å². The third-order valence-electron chi connectivity index (χ3n) is 3.78. The molecule has 3 fully saturated rings. The zero-order valence-corrected chi connectivity index (χ0v) is 6.92. The fraction of sp³-hybridized carbons (Fsp3) is 0.800. The van der Waals surface area contributed by atoms with E-state index < -0.39 is 0 Å². The van der Waals surface area contributed by atoms with E-state index in [1.54, 1.807) is 0 Å². The maximum atomic E-state index is 3.91. The van der Waals surface area contributed by atoms with Gasteiger partial charge in [0.05, 0.1) is 0 Å². The summed E-state index contributed by atoms with van der Waals surface area (Å²) in [5.74, 6) is 1.10. The van der Waals surface area contributed by atoms with Crippen molar-refractivity contribution in [2.75, 3.05) is 6.54 Å². The van der Waals surface area contributed by atoms with Crippen molar-refractivity contribution in [3.8, 4) is 0 Å². The van der Waals surface area contributed by atoms with Crippen molar-refractivity contribution in [3.05, 3.63) is 12.7 Å². The number of fused-ring (bicyclic) bond motifs is 1. The van der Waals surface area contributed by atoms with Crippen molar-refractivity contribution in [1.82, 2.24) is 4.90 Å². The van der Waals surface area contributed by atoms with Crippen molar-refractivity contribution in [2.45, 2.75) is 37.3 Å². The summed E-state index contributed by atoms with van der Waals surface area (Å²) in [7, 11) is 0. The second-order valence-corrected chi connectivity index (χ2v) is 4.35. The van der Waals surface area contributed by atoms with E-state index in [2.05, 4.69) is 17.6 Å². The lowest BCUT2D eigenvalue weighted by molar-refractivity contribution is 0.232. The Morgan fingerprint density at radius 2 is 2.18 bits per heavy atom. The van der Waals surface area contributed by atoms with Crippen LogP contribution in [0.1, 0.15) is 25.7 Å². The molecule has 0 spiro atoms. The van der Waals surface area contributed by atoms with Crippen LogP contribution in [0.15, 0.2) is 12.7 Å². The fourth-order valence-corrected chi connectivity index (χ4v) is 2.74. The van der Waals surface area contributed by atoms with E-state index in [1.807, 2.05) is 0 Å². The van der Waals surface area contributed by atoms with Crippen LogP contribution in [0.4, 0.5) is 0 Å². The summed E-state index contributed by atoms with van der Waals surface area (Å²) in [6, 6.07) is 0.725. The summed E-state index contributed by atoms with van der Waals surface area (Å²) >= 11 is 0. The first-order chi connectivity index (χ1) is 5.37. The minimum Gasteiger partial charge on any atom is -0.291 e. The van der Waals surface area contributed by atoms with Gasteiger partial charge in [-0.25, -0.2) is 0 Å². The SMILES string of the molecule is C=CC1CCCN1C12CC1C2. The highest BCUT2D eigenvalue weighted by molar-refractivity contribution is 5.29. The summed E-state index contributed by atoms with van der Waals surface area (Å²) < 4.78 is 0. The normalized spacial score (nSPS) is 53.8. The Morgan fingerprint density at radius 1 is 1.45 bits per heavy atom. The Kier molecular flexibility index (Phi) is 0.972. The molecule has 3 aliphatic rings. The maximum absolute atomic E-state index is 3.91. The average Bonchev–Trinajstić information content (AvgIpc) is 2.77. The summed E-state index contributed by atoms with van der Waals surface area (Å²) in [6.45, 7) is 5.25. The van der Waals surface area contributed by atoms with Crippen LogP contribution in [0.2, 0.25) is 0 Å². The van der Waals surface area contributed by atoms with Gasteiger partial charge in [0, 0.05) is 11.6 Å². The zero-order valence-electron chi connectivity index (χ0n) is 6.92. The van der Waals surface area contributed by atoms with Crippen LogP contribution >= 0.6 is 0 Å². The molecule has 3 rings (SSSR count). The van der Waals surface area contributed by atoms with E-state index in [9.17, 15) is 0 Å². The molecule has 1 heterocycles. The number of hydrogen-bond acceptors (Lipinski definition) is 1. The first-order valence-corrected chi connectivity index (χ1v) is 4.76. The number of rotatable bonds is 2. The number of likely N-dealkylation sites (tertiary alicyclic amines) is 1. The Balaban J connectivity index is 1.80. The van der Waals surface area contributed by atoms with Crippen molar-refractivity contribution in [2.24, 2.45) is 5.92 Å². The lowest BCUT2D eigenvalue weighted by atomic mass is 10.2. The second kappa shape index (κ2) is 1.71. The molecule has 0 bridgehead atoms. The molecule has 0 aromatic rings. The number of hydrogen-bond donors (Lipinski definition) is 0. The second-order valence-electron chi connectivity index (χ2n) is 4.35. The molecule has 0 amide bonds. The van der Waals surface area contributed by atoms with Gasteiger partial charge in [-0.3, -0.25) is 4.90 Å². The quantitative estimate of drug-likeness (QED) is 0.541. The standard InChI is InChI=1S/C10H15N/c1-2-9-4-3-5-11(9)10-6-8(10)7-10/h2,8-9H,1,3-7H2. The van der Waals surface area contributed by atoms with Gasteiger partial charge in [-0.1, -0.05) is 6.08 Å². The van der Waals surface area contributed by atoms with Crippen LogP contribution in [0.5, 0.6) is 0 Å². The molecule has 60 valence electrons. The van der Waals surface area contributed by atoms with Gasteiger partial charge in [0.15, 0.2) is 0 Å². The van der Waals surface area contributed by atoms with Gasteiger partial charge in [-0.2, -0.15) is 0 Å². The zero-order chi connectivity index (χ0) is 7.47. The molecule has 1 aliphatic heterocycles. The minimum atomic E-state index is 0.725. The smallest absolute Gasteiger partial charge is 0.0281 e. The van der Waals surface area contributed by atoms with Gasteiger partial charge in [0.2, 0.25) is 0 Å². The predicted octanol–water partition coefficient (Wildman–Crippen LogP) is 1.80. The molecule has 2 aliphatic carbocycles. The van der Waals surface area contributed by atoms with Gasteiger partial charge in [0.1, 0.15) is 0 Å². The van der Waals surface area contributed by atoms with Crippen molar-refractivity contribution < 1.29 is 0 Å². The van der Waals surface area contributed by atoms with Gasteiger partial charge in [0.25, 0.3) is 0 Å². The van der Waals surface area contributed by atoms with E-state index in [-0.39, 0.29) is 0 Å². The Morgan fingerprint density at radius 3 is 2.73 bits per heavy atom. The Hall–Kier alpha value is -0.300. The molecular formula is C10H15N. The van der Waals surface area contributed by atoms with E-state index >= 15 is 0 Å². The molecule has 1 heteroatoms. The average molecular weight is 149 g/mol. The van der Waals surface area contributed by atoms with Gasteiger partial charge in [-0.15, -0.1) is 6.58 Å². The largest absolute Gasteiger partial charge is 0.291 e. The van der Waals surface area contributed by atoms with Crippen LogP contribution in [-0.4, -0.2) is 23.0 Å². The van der Waals surface area contributed by atoms with E-state index in [0.29, 0.717) is 0 Å². The number of nitrogens with zero attached hydrogens (tertiary/aromatic N) is 1. The summed E-state index contributed by atoms with van der Waals surface area (Å²) in [4.78, 5) is 2.71. The first-order valence-electron chi connectivity index (χ1n) is 4.76. The van der Waals surface area contributed by atoms with E-state index in [0.717, 1.165) is 17.5 Å². The van der Waals surface area contributed by atoms with Crippen LogP contribution in [0.25, 0.3) is 0 Å². The molecule has 0 radical (unpaired) electrons. The van der Waals surface area contributed by atoms with Gasteiger partial charge >= 0.3 is 0 Å². The molecule has 1 unspecified atom stereocenters. The molecule has 0 N–H and O–H groups in total. The van der Waals surface area contributed by atoms with Gasteiger partial charge < -0.3 is 0 Å². The highest BCUT2D eigenvalue weighted by atomic mass is 15.3. The molecule has 1 atom stereocenters. The summed E-state index contributed by atoms with van der Waals surface area (Å²) in [5.41, 5.74) is 0.732. The highest BCUT2D eigenvalue weighted by Crippen LogP contribution is 2.71. The van der Waals surface area contributed by atoms with Gasteiger partial charge in [-0.05, 0) is 38.1 Å². The highest BCUT2D eigenvalue weighted by Gasteiger charge is 2.73. The lowest BCUT2D eigenvalue weighted by Gasteiger charge is -2.24. The molecule has 2 saturated carbocycles. The molecule has 0 aromatic heterocycles. The monoisotopic (exact) mass is 149 g/mol. The topological polar surface area (TPSA) is 3.24 Å². The third kappa shape index (κ3) is 0.652. The summed E-state index contributed by atoms with van der Waals surface area (Å²) in [6.07, 6.45) is 7.90. The van der Waals surface area contributed by atoms with Crippen LogP contribution < -0.4 is 0 Å².